The fourth-order valence-corrected chi connectivity index (χ4v) is 2.86. The molecule has 0 bridgehead atoms. The van der Waals surface area contributed by atoms with Crippen LogP contribution < -0.4 is 18.9 Å². The van der Waals surface area contributed by atoms with Crippen molar-refractivity contribution in [2.24, 2.45) is 0 Å². The van der Waals surface area contributed by atoms with Gasteiger partial charge in [0.25, 0.3) is 12.6 Å². The summed E-state index contributed by atoms with van der Waals surface area (Å²) in [5.74, 6) is 1.73. The first-order valence-electron chi connectivity index (χ1n) is 9.69. The van der Waals surface area contributed by atoms with Crippen LogP contribution >= 0.6 is 0 Å². The third-order valence-electron chi connectivity index (χ3n) is 4.20. The molecule has 0 unspecified atom stereocenters. The Morgan fingerprint density at radius 3 is 1.60 bits per heavy atom. The second-order valence-corrected chi connectivity index (χ2v) is 6.22. The molecule has 0 saturated carbocycles. The van der Waals surface area contributed by atoms with Crippen molar-refractivity contribution >= 4 is 12.6 Å². The Labute approximate surface area is 174 Å². The molecule has 1 aliphatic rings. The molecule has 8 heteroatoms. The van der Waals surface area contributed by atoms with E-state index in [0.29, 0.717) is 60.6 Å². The Bertz CT molecular complexity index is 795. The van der Waals surface area contributed by atoms with Crippen molar-refractivity contribution < 1.29 is 38.0 Å². The predicted molar refractivity (Wildman–Crippen MR) is 107 cm³/mol. The largest absolute Gasteiger partial charge is 0.493 e. The molecule has 0 aliphatic carbocycles. The molecule has 0 radical (unpaired) electrons. The fourth-order valence-electron chi connectivity index (χ4n) is 2.86. The maximum absolute atomic E-state index is 11.2. The van der Waals surface area contributed by atoms with Crippen LogP contribution in [0.3, 0.4) is 0 Å². The number of rotatable bonds is 10. The van der Waals surface area contributed by atoms with Crippen LogP contribution in [0.15, 0.2) is 36.4 Å². The van der Waals surface area contributed by atoms with Gasteiger partial charge in [0.1, 0.15) is 23.0 Å². The topological polar surface area (TPSA) is 89.5 Å². The van der Waals surface area contributed by atoms with Gasteiger partial charge in [0, 0.05) is 12.1 Å². The van der Waals surface area contributed by atoms with Crippen molar-refractivity contribution in [2.75, 3.05) is 26.4 Å². The zero-order valence-electron chi connectivity index (χ0n) is 16.9. The minimum Gasteiger partial charge on any atom is -0.493 e. The van der Waals surface area contributed by atoms with Crippen molar-refractivity contribution in [2.45, 2.75) is 26.4 Å². The average molecular weight is 416 g/mol. The quantitative estimate of drug-likeness (QED) is 0.545. The molecule has 30 heavy (non-hydrogen) atoms. The van der Waals surface area contributed by atoms with Gasteiger partial charge in [-0.3, -0.25) is 9.59 Å². The van der Waals surface area contributed by atoms with Gasteiger partial charge in [-0.15, -0.1) is 0 Å². The minimum absolute atomic E-state index is 0.337. The van der Waals surface area contributed by atoms with E-state index >= 15 is 0 Å². The van der Waals surface area contributed by atoms with Crippen LogP contribution in [-0.4, -0.2) is 51.6 Å². The zero-order valence-corrected chi connectivity index (χ0v) is 16.9. The molecule has 1 aliphatic heterocycles. The lowest BCUT2D eigenvalue weighted by Gasteiger charge is -2.32. The molecule has 2 aromatic carbocycles. The number of aldehydes is 2. The van der Waals surface area contributed by atoms with Gasteiger partial charge < -0.3 is 28.4 Å². The molecule has 160 valence electrons. The second kappa shape index (κ2) is 10.6. The van der Waals surface area contributed by atoms with Gasteiger partial charge in [-0.2, -0.15) is 0 Å². The van der Waals surface area contributed by atoms with Crippen LogP contribution in [0.25, 0.3) is 0 Å². The van der Waals surface area contributed by atoms with Crippen LogP contribution in [0.2, 0.25) is 0 Å². The highest BCUT2D eigenvalue weighted by atomic mass is 16.8. The van der Waals surface area contributed by atoms with Crippen molar-refractivity contribution in [3.05, 3.63) is 47.5 Å². The molecular formula is C22H24O8. The third-order valence-corrected chi connectivity index (χ3v) is 4.20. The summed E-state index contributed by atoms with van der Waals surface area (Å²) in [6.45, 7) is 5.16. The van der Waals surface area contributed by atoms with E-state index in [-0.39, 0.29) is 0 Å². The van der Waals surface area contributed by atoms with Gasteiger partial charge in [0.2, 0.25) is 0 Å². The van der Waals surface area contributed by atoms with Crippen LogP contribution in [0, 0.1) is 0 Å². The van der Waals surface area contributed by atoms with E-state index in [4.69, 9.17) is 28.4 Å². The molecule has 8 nitrogen and oxygen atoms in total. The van der Waals surface area contributed by atoms with E-state index in [0.717, 1.165) is 12.6 Å². The molecule has 1 heterocycles. The van der Waals surface area contributed by atoms with E-state index in [1.54, 1.807) is 36.4 Å². The number of benzene rings is 2. The van der Waals surface area contributed by atoms with E-state index in [1.165, 1.54) is 0 Å². The molecule has 0 spiro atoms. The smallest absolute Gasteiger partial charge is 0.263 e. The summed E-state index contributed by atoms with van der Waals surface area (Å²) < 4.78 is 34.1. The Morgan fingerprint density at radius 1 is 0.800 bits per heavy atom. The number of carbonyl (C=O) groups excluding carboxylic acids is 2. The van der Waals surface area contributed by atoms with Gasteiger partial charge in [-0.25, -0.2) is 0 Å². The van der Waals surface area contributed by atoms with Crippen LogP contribution in [0.4, 0.5) is 0 Å². The van der Waals surface area contributed by atoms with Gasteiger partial charge in [0.15, 0.2) is 12.6 Å². The van der Waals surface area contributed by atoms with Crippen LogP contribution in [0.1, 0.15) is 34.6 Å². The van der Waals surface area contributed by atoms with Crippen molar-refractivity contribution in [3.63, 3.8) is 0 Å². The summed E-state index contributed by atoms with van der Waals surface area (Å²) in [6, 6.07) is 9.75. The Morgan fingerprint density at radius 2 is 1.23 bits per heavy atom. The average Bonchev–Trinajstić information content (AvgIpc) is 2.76. The first-order valence-corrected chi connectivity index (χ1v) is 9.69. The standard InChI is InChI=1S/C22H24O8/c1-3-25-19-11-17(7-5-15(19)13-23)29-21-22(28-10-9-27-21)30-18-8-6-16(14-24)20(12-18)26-4-2/h5-8,11-14,21-22H,3-4,9-10H2,1-2H3/t21-,22+. The van der Waals surface area contributed by atoms with Gasteiger partial charge in [-0.1, -0.05) is 0 Å². The summed E-state index contributed by atoms with van der Waals surface area (Å²) in [5.41, 5.74) is 0.855. The van der Waals surface area contributed by atoms with Crippen molar-refractivity contribution in [1.82, 2.24) is 0 Å². The monoisotopic (exact) mass is 416 g/mol. The SMILES string of the molecule is CCOc1cc(O[C@H]2OCCO[C@H]2Oc2ccc(C=O)c(OCC)c2)ccc1C=O. The highest BCUT2D eigenvalue weighted by molar-refractivity contribution is 5.80. The Kier molecular flexibility index (Phi) is 7.64. The molecule has 0 aromatic heterocycles. The number of hydrogen-bond acceptors (Lipinski definition) is 8. The maximum Gasteiger partial charge on any atom is 0.263 e. The zero-order chi connectivity index (χ0) is 21.3. The van der Waals surface area contributed by atoms with E-state index < -0.39 is 12.6 Å². The molecular weight excluding hydrogens is 392 g/mol. The summed E-state index contributed by atoms with van der Waals surface area (Å²) in [7, 11) is 0. The first-order chi connectivity index (χ1) is 14.7. The van der Waals surface area contributed by atoms with Crippen molar-refractivity contribution in [3.8, 4) is 23.0 Å². The number of carbonyl (C=O) groups is 2. The molecule has 2 aromatic rings. The van der Waals surface area contributed by atoms with Gasteiger partial charge in [0.05, 0.1) is 37.6 Å². The van der Waals surface area contributed by atoms with Crippen LogP contribution in [0.5, 0.6) is 23.0 Å². The Hall–Kier alpha value is -3.10. The maximum atomic E-state index is 11.2. The van der Waals surface area contributed by atoms with Crippen LogP contribution in [-0.2, 0) is 9.47 Å². The third kappa shape index (κ3) is 5.28. The molecule has 2 atom stereocenters. The normalized spacial score (nSPS) is 18.3. The summed E-state index contributed by atoms with van der Waals surface area (Å²) in [4.78, 5) is 22.3. The molecule has 3 rings (SSSR count). The lowest BCUT2D eigenvalue weighted by Crippen LogP contribution is -2.45. The summed E-state index contributed by atoms with van der Waals surface area (Å²) in [5, 5.41) is 0. The van der Waals surface area contributed by atoms with Gasteiger partial charge >= 0.3 is 0 Å². The van der Waals surface area contributed by atoms with E-state index in [1.807, 2.05) is 13.8 Å². The van der Waals surface area contributed by atoms with Gasteiger partial charge in [-0.05, 0) is 38.1 Å². The van der Waals surface area contributed by atoms with Crippen molar-refractivity contribution in [1.29, 1.82) is 0 Å². The summed E-state index contributed by atoms with van der Waals surface area (Å²) >= 11 is 0. The number of ether oxygens (including phenoxy) is 6. The second-order valence-electron chi connectivity index (χ2n) is 6.22. The molecule has 0 amide bonds. The minimum atomic E-state index is -0.850. The highest BCUT2D eigenvalue weighted by Gasteiger charge is 2.31. The lowest BCUT2D eigenvalue weighted by molar-refractivity contribution is -0.271. The highest BCUT2D eigenvalue weighted by Crippen LogP contribution is 2.29. The fraction of sp³-hybridized carbons (Fsp3) is 0.364. The van der Waals surface area contributed by atoms with E-state index in [9.17, 15) is 9.59 Å². The molecule has 1 fully saturated rings. The lowest BCUT2D eigenvalue weighted by atomic mass is 10.2. The molecule has 0 N–H and O–H groups in total. The Balaban J connectivity index is 1.75. The number of hydrogen-bond donors (Lipinski definition) is 0. The predicted octanol–water partition coefficient (Wildman–Crippen LogP) is 3.27. The first kappa shape index (κ1) is 21.6. The summed E-state index contributed by atoms with van der Waals surface area (Å²) in [6.07, 6.45) is -0.257. The molecule has 1 saturated heterocycles. The van der Waals surface area contributed by atoms with E-state index in [2.05, 4.69) is 0 Å².